The highest BCUT2D eigenvalue weighted by atomic mass is 16.4. The molecule has 0 aliphatic heterocycles. The molecule has 3 heteroatoms. The Morgan fingerprint density at radius 3 is 3.80 bits per heavy atom. The number of nitrogens with two attached hydrogens (primary N) is 1. The monoisotopic (exact) mass is 81.1 g/mol. The highest BCUT2D eigenvalue weighted by Gasteiger charge is 1.81. The van der Waals surface area contributed by atoms with E-state index in [1.165, 1.54) is 0 Å². The molecule has 3 nitrogen and oxygen atoms in total. The zero-order valence-electron chi connectivity index (χ0n) is 7.26. The molecule has 0 aliphatic carbocycles. The lowest BCUT2D eigenvalue weighted by Crippen LogP contribution is -2.10. The van der Waals surface area contributed by atoms with Gasteiger partial charge in [0.25, 0.3) is 1.43 Å². The highest BCUT2D eigenvalue weighted by Crippen LogP contribution is 1.43. The number of hydrogen-bond acceptors (Lipinski definition) is 3. The highest BCUT2D eigenvalue weighted by molar-refractivity contribution is 5.68. The third-order valence-electron chi connectivity index (χ3n) is 0.0913. The van der Waals surface area contributed by atoms with Crippen LogP contribution in [0.4, 0.5) is 0 Å². The third-order valence-corrected chi connectivity index (χ3v) is 0.0913. The van der Waals surface area contributed by atoms with E-state index >= 15 is 0 Å². The van der Waals surface area contributed by atoms with Crippen molar-refractivity contribution in [2.24, 2.45) is 5.72 Å². The molecule has 0 saturated carbocycles. The predicted molar refractivity (Wildman–Crippen MR) is 16.7 cm³/mol. The molecule has 3 N–H and O–H groups in total. The van der Waals surface area contributed by atoms with Gasteiger partial charge in [-0.3, -0.25) is 4.79 Å². The maximum atomic E-state index is 10.2. The van der Waals surface area contributed by atoms with Crippen LogP contribution in [0.1, 0.15) is 2.74 Å². The molecule has 0 aromatic carbocycles. The molecule has 0 heterocycles. The van der Waals surface area contributed by atoms with E-state index in [1.54, 1.807) is 0 Å². The topological polar surface area (TPSA) is 63.3 Å². The maximum Gasteiger partial charge on any atom is 0.317 e. The fourth-order valence-corrected chi connectivity index (χ4v) is 0. The summed E-state index contributed by atoms with van der Waals surface area (Å²) in [7, 11) is 0. The van der Waals surface area contributed by atoms with Crippen LogP contribution in [-0.2, 0) is 4.79 Å². The number of hydrogen-bond donors (Lipinski definition) is 2. The summed E-state index contributed by atoms with van der Waals surface area (Å²) in [6.07, 6.45) is 0. The molecule has 0 unspecified atom stereocenters. The average Bonchev–Trinajstić information content (AvgIpc) is 1.86. The van der Waals surface area contributed by atoms with E-state index in [4.69, 9.17) is 7.00 Å². The standard InChI is InChI=1S/C2H5NO2/c3-1-2(4)5/h1,3H2,(H,4,5)/i1D2,3+1/hD3. The second-order valence-corrected chi connectivity index (χ2v) is 0.399. The number of rotatable bonds is 2. The van der Waals surface area contributed by atoms with Gasteiger partial charge in [-0.1, -0.05) is 0 Å². The van der Waals surface area contributed by atoms with Crippen molar-refractivity contribution in [3.8, 4) is 0 Å². The smallest absolute Gasteiger partial charge is 0.317 e. The van der Waals surface area contributed by atoms with E-state index in [9.17, 15) is 4.79 Å². The summed E-state index contributed by atoms with van der Waals surface area (Å²) in [4.78, 5) is 10.2. The molecule has 5 heavy (non-hydrogen) atoms. The van der Waals surface area contributed by atoms with E-state index in [-0.39, 0.29) is 0 Å². The van der Waals surface area contributed by atoms with Crippen molar-refractivity contribution in [1.82, 2.24) is 0 Å². The van der Waals surface area contributed by atoms with Gasteiger partial charge in [0.1, 0.15) is 2.82 Å². The summed E-state index contributed by atoms with van der Waals surface area (Å²) in [5.41, 5.74) is -0.468. The zero-order chi connectivity index (χ0) is 8.36. The van der Waals surface area contributed by atoms with Crippen LogP contribution in [0, 0.1) is 0 Å². The summed E-state index contributed by atoms with van der Waals surface area (Å²) in [5, 5.41) is 3.23. The molecule has 0 radical (unpaired) electrons. The van der Waals surface area contributed by atoms with Crippen LogP contribution in [0.25, 0.3) is 1.43 Å². The Morgan fingerprint density at radius 1 is 2.80 bits per heavy atom. The van der Waals surface area contributed by atoms with Crippen LogP contribution in [0.15, 0.2) is 0 Å². The van der Waals surface area contributed by atoms with Crippen molar-refractivity contribution in [3.63, 3.8) is 0 Å². The van der Waals surface area contributed by atoms with Crippen LogP contribution in [0.5, 0.6) is 0 Å². The Labute approximate surface area is 36.6 Å². The van der Waals surface area contributed by atoms with Crippen molar-refractivity contribution in [1.29, 1.82) is 1.43 Å². The fourth-order valence-electron chi connectivity index (χ4n) is 0. The minimum atomic E-state index is -2.87. The molecule has 30 valence electrons. The van der Waals surface area contributed by atoms with Gasteiger partial charge in [0, 0.05) is 0 Å². The Balaban J connectivity index is 4.24. The van der Waals surface area contributed by atoms with Gasteiger partial charge >= 0.3 is 5.97 Å². The SMILES string of the molecule is [2H]OC(=O)C([2H])([2H])[15N]([2H])[2H]. The molecule has 0 aromatic rings. The molecule has 0 bridgehead atoms. The minimum Gasteiger partial charge on any atom is -0.480 e. The van der Waals surface area contributed by atoms with Crippen LogP contribution in [0.3, 0.4) is 0 Å². The van der Waals surface area contributed by atoms with E-state index < -0.39 is 18.2 Å². The maximum absolute atomic E-state index is 10.2. The van der Waals surface area contributed by atoms with Crippen LogP contribution < -0.4 is 5.72 Å². The van der Waals surface area contributed by atoms with Gasteiger partial charge in [0.05, 0.1) is 9.24 Å². The molecular formula is C2H5NO2. The summed E-state index contributed by atoms with van der Waals surface area (Å²) >= 11 is 0. The summed E-state index contributed by atoms with van der Waals surface area (Å²) in [6.45, 7) is -2.87. The molecular weight excluding hydrogens is 71.0 g/mol. The number of carboxylic acids is 1. The van der Waals surface area contributed by atoms with Crippen molar-refractivity contribution in [2.75, 3.05) is 6.50 Å². The van der Waals surface area contributed by atoms with Crippen LogP contribution in [0.2, 0.25) is 2.82 Å². The van der Waals surface area contributed by atoms with Crippen molar-refractivity contribution in [2.45, 2.75) is 0 Å². The summed E-state index contributed by atoms with van der Waals surface area (Å²) in [5.74, 6) is -1.59. The number of carboxylic acid groups (broad SMARTS) is 1. The largest absolute Gasteiger partial charge is 0.480 e. The molecule has 0 spiro atoms. The Morgan fingerprint density at radius 2 is 3.60 bits per heavy atom. The van der Waals surface area contributed by atoms with Gasteiger partial charge in [-0.05, 0) is 0 Å². The molecule has 0 atom stereocenters. The normalized spacial score (nSPS) is 24.6. The second kappa shape index (κ2) is 1.72. The van der Waals surface area contributed by atoms with Gasteiger partial charge in [0.2, 0.25) is 0 Å². The van der Waals surface area contributed by atoms with Gasteiger partial charge in [0.15, 0.2) is 0 Å². The first kappa shape index (κ1) is 0.733. The van der Waals surface area contributed by atoms with Crippen molar-refractivity contribution < 1.29 is 15.5 Å². The molecule has 0 amide bonds. The van der Waals surface area contributed by atoms with Gasteiger partial charge in [-0.25, -0.2) is 0 Å². The van der Waals surface area contributed by atoms with Crippen molar-refractivity contribution in [3.05, 3.63) is 0 Å². The van der Waals surface area contributed by atoms with Gasteiger partial charge in [-0.15, -0.1) is 0 Å². The quantitative estimate of drug-likeness (QED) is 0.420. The first-order valence-electron chi connectivity index (χ1n) is 3.18. The Kier molecular flexibility index (Phi) is 0.253. The van der Waals surface area contributed by atoms with Crippen molar-refractivity contribution >= 4 is 5.97 Å². The lowest BCUT2D eigenvalue weighted by atomic mass is 10.8. The third kappa shape index (κ3) is 3.43. The molecule has 0 saturated heterocycles. The second-order valence-electron chi connectivity index (χ2n) is 0.399. The lowest BCUT2D eigenvalue weighted by molar-refractivity contribution is -0.135. The number of aliphatic carboxylic acids is 1. The van der Waals surface area contributed by atoms with Crippen LogP contribution in [-0.4, -0.2) is 17.6 Å². The van der Waals surface area contributed by atoms with E-state index in [0.717, 1.165) is 0 Å². The molecule has 0 rings (SSSR count). The van der Waals surface area contributed by atoms with Crippen LogP contribution >= 0.6 is 0 Å². The number of carbonyl (C=O) groups is 1. The van der Waals surface area contributed by atoms with E-state index in [0.29, 0.717) is 0 Å². The fraction of sp³-hybridized carbons (Fsp3) is 0.500. The zero-order valence-corrected chi connectivity index (χ0v) is 2.26. The first-order valence-corrected chi connectivity index (χ1v) is 0.882. The van der Waals surface area contributed by atoms with E-state index in [1.807, 2.05) is 0 Å². The van der Waals surface area contributed by atoms with Gasteiger partial charge in [-0.2, -0.15) is 0 Å². The predicted octanol–water partition coefficient (Wildman–Crippen LogP) is -0.970. The first-order chi connectivity index (χ1) is 4.42. The Hall–Kier alpha value is -0.570. The summed E-state index contributed by atoms with van der Waals surface area (Å²) < 4.78 is 31.9. The molecule has 0 aromatic heterocycles. The minimum absolute atomic E-state index is 0.468. The van der Waals surface area contributed by atoms with E-state index in [2.05, 4.69) is 5.11 Å². The molecule has 0 fully saturated rings. The lowest BCUT2D eigenvalue weighted by Gasteiger charge is -1.73. The van der Waals surface area contributed by atoms with Gasteiger partial charge < -0.3 is 10.8 Å². The Bertz CT molecular complexity index is 136. The summed E-state index contributed by atoms with van der Waals surface area (Å²) in [6, 6.07) is 0. The average molecular weight is 81.1 g/mol. The molecule has 0 aliphatic rings.